The Hall–Kier alpha value is -2.07. The highest BCUT2D eigenvalue weighted by atomic mass is 16.5. The summed E-state index contributed by atoms with van der Waals surface area (Å²) in [6, 6.07) is 14.2. The molecular weight excluding hydrogens is 266 g/mol. The summed E-state index contributed by atoms with van der Waals surface area (Å²) in [6.45, 7) is 1.50. The highest BCUT2D eigenvalue weighted by Gasteiger charge is 2.18. The van der Waals surface area contributed by atoms with Crippen LogP contribution in [-0.2, 0) is 4.79 Å². The number of fused-ring (bicyclic) bond motifs is 1. The first kappa shape index (κ1) is 15.3. The highest BCUT2D eigenvalue weighted by Crippen LogP contribution is 2.25. The van der Waals surface area contributed by atoms with Crippen molar-refractivity contribution < 1.29 is 19.1 Å². The quantitative estimate of drug-likeness (QED) is 0.629. The van der Waals surface area contributed by atoms with E-state index in [1.54, 1.807) is 0 Å². The smallest absolute Gasteiger partial charge is 0.359 e. The average molecular weight is 288 g/mol. The number of aliphatic carboxylic acids is 1. The number of carbonyl (C=O) groups is 1. The van der Waals surface area contributed by atoms with Gasteiger partial charge in [-0.1, -0.05) is 36.4 Å². The van der Waals surface area contributed by atoms with E-state index in [1.807, 2.05) is 38.4 Å². The zero-order valence-corrected chi connectivity index (χ0v) is 12.6. The maximum absolute atomic E-state index is 10.8. The number of nitrogens with zero attached hydrogens (tertiary/aromatic N) is 1. The van der Waals surface area contributed by atoms with Crippen LogP contribution in [0.4, 0.5) is 0 Å². The summed E-state index contributed by atoms with van der Waals surface area (Å²) in [5.41, 5.74) is 0. The fraction of sp³-hybridized carbons (Fsp3) is 0.353. The Morgan fingerprint density at radius 3 is 2.62 bits per heavy atom. The minimum Gasteiger partial charge on any atom is -0.493 e. The van der Waals surface area contributed by atoms with Crippen molar-refractivity contribution in [2.24, 2.45) is 0 Å². The molecule has 2 aromatic rings. The molecule has 0 saturated heterocycles. The highest BCUT2D eigenvalue weighted by molar-refractivity contribution is 5.88. The molecule has 0 saturated carbocycles. The second-order valence-electron chi connectivity index (χ2n) is 5.89. The zero-order valence-electron chi connectivity index (χ0n) is 12.6. The monoisotopic (exact) mass is 288 g/mol. The molecule has 0 fully saturated rings. The summed E-state index contributed by atoms with van der Waals surface area (Å²) in [6.07, 6.45) is 0.823. The maximum atomic E-state index is 10.8. The van der Waals surface area contributed by atoms with E-state index >= 15 is 0 Å². The third-order valence-corrected chi connectivity index (χ3v) is 3.48. The van der Waals surface area contributed by atoms with E-state index in [9.17, 15) is 4.79 Å². The van der Waals surface area contributed by atoms with Crippen molar-refractivity contribution in [1.29, 1.82) is 0 Å². The number of carboxylic acids is 1. The average Bonchev–Trinajstić information content (AvgIpc) is 2.42. The van der Waals surface area contributed by atoms with Crippen LogP contribution < -0.4 is 4.74 Å². The number of rotatable bonds is 7. The van der Waals surface area contributed by atoms with Crippen LogP contribution in [-0.4, -0.2) is 49.4 Å². The molecule has 0 aliphatic heterocycles. The SMILES string of the molecule is C[N+](C)(CCCOc1cccc2ccccc12)CC(=O)O. The van der Waals surface area contributed by atoms with Gasteiger partial charge in [0.1, 0.15) is 5.75 Å². The summed E-state index contributed by atoms with van der Waals surface area (Å²) in [5.74, 6) is 0.117. The first-order chi connectivity index (χ1) is 9.98. The summed E-state index contributed by atoms with van der Waals surface area (Å²) in [7, 11) is 3.85. The van der Waals surface area contributed by atoms with E-state index in [0.717, 1.165) is 29.5 Å². The molecule has 2 aromatic carbocycles. The van der Waals surface area contributed by atoms with Crippen molar-refractivity contribution in [3.63, 3.8) is 0 Å². The molecule has 0 aliphatic carbocycles. The van der Waals surface area contributed by atoms with Crippen molar-refractivity contribution in [2.75, 3.05) is 33.8 Å². The van der Waals surface area contributed by atoms with E-state index in [1.165, 1.54) is 0 Å². The lowest BCUT2D eigenvalue weighted by Gasteiger charge is -2.27. The van der Waals surface area contributed by atoms with Crippen LogP contribution >= 0.6 is 0 Å². The second kappa shape index (κ2) is 6.59. The van der Waals surface area contributed by atoms with Crippen LogP contribution in [0.2, 0.25) is 0 Å². The first-order valence-electron chi connectivity index (χ1n) is 7.12. The molecule has 0 spiro atoms. The number of carboxylic acid groups (broad SMARTS) is 1. The lowest BCUT2D eigenvalue weighted by atomic mass is 10.1. The normalized spacial score (nSPS) is 11.5. The molecule has 0 unspecified atom stereocenters. The number of quaternary nitrogens is 1. The van der Waals surface area contributed by atoms with Crippen LogP contribution in [0, 0.1) is 0 Å². The molecule has 0 aliphatic rings. The van der Waals surface area contributed by atoms with Crippen LogP contribution in [0.1, 0.15) is 6.42 Å². The van der Waals surface area contributed by atoms with Gasteiger partial charge < -0.3 is 14.3 Å². The van der Waals surface area contributed by atoms with Crippen LogP contribution in [0.15, 0.2) is 42.5 Å². The number of hydrogen-bond donors (Lipinski definition) is 1. The van der Waals surface area contributed by atoms with Gasteiger partial charge in [0.15, 0.2) is 6.54 Å². The molecule has 21 heavy (non-hydrogen) atoms. The van der Waals surface area contributed by atoms with Gasteiger partial charge >= 0.3 is 5.97 Å². The Morgan fingerprint density at radius 2 is 1.86 bits per heavy atom. The molecule has 4 nitrogen and oxygen atoms in total. The predicted molar refractivity (Wildman–Crippen MR) is 83.5 cm³/mol. The third kappa shape index (κ3) is 4.46. The molecule has 0 radical (unpaired) electrons. The Bertz CT molecular complexity index is 617. The Kier molecular flexibility index (Phi) is 4.81. The summed E-state index contributed by atoms with van der Waals surface area (Å²) >= 11 is 0. The molecule has 0 aromatic heterocycles. The largest absolute Gasteiger partial charge is 0.493 e. The van der Waals surface area contributed by atoms with Gasteiger partial charge in [0, 0.05) is 11.8 Å². The fourth-order valence-corrected chi connectivity index (χ4v) is 2.44. The number of benzene rings is 2. The topological polar surface area (TPSA) is 46.5 Å². The van der Waals surface area contributed by atoms with E-state index in [2.05, 4.69) is 18.2 Å². The van der Waals surface area contributed by atoms with E-state index < -0.39 is 5.97 Å². The van der Waals surface area contributed by atoms with Gasteiger partial charge in [-0.2, -0.15) is 0 Å². The van der Waals surface area contributed by atoms with Gasteiger partial charge in [-0.15, -0.1) is 0 Å². The molecule has 0 atom stereocenters. The minimum atomic E-state index is -0.769. The maximum Gasteiger partial charge on any atom is 0.359 e. The second-order valence-corrected chi connectivity index (χ2v) is 5.89. The lowest BCUT2D eigenvalue weighted by molar-refractivity contribution is -0.883. The molecule has 112 valence electrons. The Morgan fingerprint density at radius 1 is 1.14 bits per heavy atom. The van der Waals surface area contributed by atoms with Crippen LogP contribution in [0.25, 0.3) is 10.8 Å². The van der Waals surface area contributed by atoms with Crippen LogP contribution in [0.3, 0.4) is 0 Å². The summed E-state index contributed by atoms with van der Waals surface area (Å²) in [4.78, 5) is 10.8. The van der Waals surface area contributed by atoms with Gasteiger partial charge in [-0.05, 0) is 11.5 Å². The molecule has 1 N–H and O–H groups in total. The van der Waals surface area contributed by atoms with Crippen LogP contribution in [0.5, 0.6) is 5.75 Å². The van der Waals surface area contributed by atoms with E-state index in [-0.39, 0.29) is 6.54 Å². The standard InChI is InChI=1S/C17H21NO3/c1-18(2,13-17(19)20)11-6-12-21-16-10-5-8-14-7-3-4-9-15(14)16/h3-5,7-10H,6,11-13H2,1-2H3/p+1. The van der Waals surface area contributed by atoms with Crippen molar-refractivity contribution >= 4 is 16.7 Å². The summed E-state index contributed by atoms with van der Waals surface area (Å²) in [5, 5.41) is 11.1. The summed E-state index contributed by atoms with van der Waals surface area (Å²) < 4.78 is 6.33. The molecule has 0 amide bonds. The molecule has 2 rings (SSSR count). The Balaban J connectivity index is 1.90. The van der Waals surface area contributed by atoms with Gasteiger partial charge in [0.2, 0.25) is 0 Å². The Labute approximate surface area is 125 Å². The molecule has 0 bridgehead atoms. The molecule has 0 heterocycles. The van der Waals surface area contributed by atoms with Crippen molar-refractivity contribution in [3.05, 3.63) is 42.5 Å². The number of ether oxygens (including phenoxy) is 1. The predicted octanol–water partition coefficient (Wildman–Crippen LogP) is 2.77. The molecular formula is C17H22NO3+. The zero-order chi connectivity index (χ0) is 15.3. The van der Waals surface area contributed by atoms with E-state index in [4.69, 9.17) is 9.84 Å². The molecule has 4 heteroatoms. The van der Waals surface area contributed by atoms with Crippen molar-refractivity contribution in [3.8, 4) is 5.75 Å². The van der Waals surface area contributed by atoms with E-state index in [0.29, 0.717) is 11.1 Å². The fourth-order valence-electron chi connectivity index (χ4n) is 2.44. The number of hydrogen-bond acceptors (Lipinski definition) is 2. The van der Waals surface area contributed by atoms with Crippen molar-refractivity contribution in [1.82, 2.24) is 0 Å². The third-order valence-electron chi connectivity index (χ3n) is 3.48. The van der Waals surface area contributed by atoms with Gasteiger partial charge in [-0.3, -0.25) is 0 Å². The minimum absolute atomic E-state index is 0.133. The van der Waals surface area contributed by atoms with Gasteiger partial charge in [0.25, 0.3) is 0 Å². The first-order valence-corrected chi connectivity index (χ1v) is 7.12. The van der Waals surface area contributed by atoms with Crippen molar-refractivity contribution in [2.45, 2.75) is 6.42 Å². The number of likely N-dealkylation sites (N-methyl/N-ethyl adjacent to an activating group) is 1. The van der Waals surface area contributed by atoms with Gasteiger partial charge in [0.05, 0.1) is 27.2 Å². The van der Waals surface area contributed by atoms with Gasteiger partial charge in [-0.25, -0.2) is 4.79 Å². The lowest BCUT2D eigenvalue weighted by Crippen LogP contribution is -2.44.